The Morgan fingerprint density at radius 3 is 2.47 bits per heavy atom. The minimum atomic E-state index is -0.144. The lowest BCUT2D eigenvalue weighted by atomic mass is 10.1. The van der Waals surface area contributed by atoms with E-state index in [2.05, 4.69) is 18.2 Å². The first-order chi connectivity index (χ1) is 8.97. The molecule has 0 bridgehead atoms. The number of pyridine rings is 1. The predicted octanol–water partition coefficient (Wildman–Crippen LogP) is 2.15. The van der Waals surface area contributed by atoms with Crippen molar-refractivity contribution in [3.63, 3.8) is 0 Å². The van der Waals surface area contributed by atoms with Gasteiger partial charge >= 0.3 is 0 Å². The van der Waals surface area contributed by atoms with Crippen molar-refractivity contribution in [2.75, 3.05) is 0 Å². The fourth-order valence-electron chi connectivity index (χ4n) is 2.21. The fraction of sp³-hybridized carbons (Fsp3) is 0.200. The maximum absolute atomic E-state index is 12.2. The van der Waals surface area contributed by atoms with Gasteiger partial charge in [0, 0.05) is 6.20 Å². The average molecular weight is 272 g/mol. The van der Waals surface area contributed by atoms with Gasteiger partial charge in [0.2, 0.25) is 0 Å². The third-order valence-corrected chi connectivity index (χ3v) is 3.14. The maximum Gasteiger partial charge on any atom is 0.261 e. The molecule has 0 saturated carbocycles. The summed E-state index contributed by atoms with van der Waals surface area (Å²) in [7, 11) is 0. The number of thiocarbonyl (C=S) groups is 1. The van der Waals surface area contributed by atoms with E-state index in [9.17, 15) is 4.79 Å². The van der Waals surface area contributed by atoms with E-state index in [0.29, 0.717) is 12.1 Å². The molecule has 0 amide bonds. The molecule has 0 aliphatic rings. The second-order valence-corrected chi connectivity index (χ2v) is 5.15. The number of nitrogens with two attached hydrogens (primary N) is 1. The molecule has 0 spiro atoms. The van der Waals surface area contributed by atoms with Crippen LogP contribution in [0.25, 0.3) is 0 Å². The number of aryl methyl sites for hydroxylation is 2. The highest BCUT2D eigenvalue weighted by atomic mass is 32.1. The summed E-state index contributed by atoms with van der Waals surface area (Å²) in [6.45, 7) is 4.62. The number of hydrogen-bond acceptors (Lipinski definition) is 2. The van der Waals surface area contributed by atoms with Crippen molar-refractivity contribution in [1.29, 1.82) is 0 Å². The van der Waals surface area contributed by atoms with E-state index in [-0.39, 0.29) is 10.5 Å². The highest BCUT2D eigenvalue weighted by molar-refractivity contribution is 7.80. The lowest BCUT2D eigenvalue weighted by Gasteiger charge is -2.09. The quantitative estimate of drug-likeness (QED) is 0.871. The summed E-state index contributed by atoms with van der Waals surface area (Å²) in [4.78, 5) is 12.3. The molecule has 2 N–H and O–H groups in total. The van der Waals surface area contributed by atoms with Gasteiger partial charge in [0.15, 0.2) is 0 Å². The third kappa shape index (κ3) is 3.09. The lowest BCUT2D eigenvalue weighted by Crippen LogP contribution is -2.28. The van der Waals surface area contributed by atoms with Gasteiger partial charge in [0.1, 0.15) is 4.99 Å². The fourth-order valence-corrected chi connectivity index (χ4v) is 2.36. The Morgan fingerprint density at radius 1 is 1.26 bits per heavy atom. The van der Waals surface area contributed by atoms with Gasteiger partial charge in [-0.2, -0.15) is 0 Å². The topological polar surface area (TPSA) is 48.0 Å². The molecule has 2 rings (SSSR count). The molecule has 4 heteroatoms. The largest absolute Gasteiger partial charge is 0.389 e. The smallest absolute Gasteiger partial charge is 0.261 e. The Labute approximate surface area is 117 Å². The molecule has 0 unspecified atom stereocenters. The van der Waals surface area contributed by atoms with Crippen LogP contribution in [0.4, 0.5) is 0 Å². The second-order valence-electron chi connectivity index (χ2n) is 4.72. The van der Waals surface area contributed by atoms with Crippen molar-refractivity contribution >= 4 is 17.2 Å². The van der Waals surface area contributed by atoms with Crippen LogP contribution < -0.4 is 11.3 Å². The van der Waals surface area contributed by atoms with Gasteiger partial charge in [0.25, 0.3) is 5.56 Å². The minimum absolute atomic E-state index is 0.139. The number of nitrogens with zero attached hydrogens (tertiary/aromatic N) is 1. The van der Waals surface area contributed by atoms with Crippen LogP contribution in [0, 0.1) is 13.8 Å². The molecular formula is C15H16N2OS. The first-order valence-corrected chi connectivity index (χ1v) is 6.44. The second kappa shape index (κ2) is 5.36. The van der Waals surface area contributed by atoms with Crippen molar-refractivity contribution in [3.8, 4) is 0 Å². The van der Waals surface area contributed by atoms with E-state index in [4.69, 9.17) is 18.0 Å². The van der Waals surface area contributed by atoms with Crippen LogP contribution in [0.5, 0.6) is 0 Å². The van der Waals surface area contributed by atoms with Crippen LogP contribution >= 0.6 is 12.2 Å². The average Bonchev–Trinajstić information content (AvgIpc) is 2.30. The van der Waals surface area contributed by atoms with Gasteiger partial charge < -0.3 is 10.3 Å². The van der Waals surface area contributed by atoms with Crippen LogP contribution in [0.3, 0.4) is 0 Å². The summed E-state index contributed by atoms with van der Waals surface area (Å²) in [5.74, 6) is 0. The molecule has 1 aromatic heterocycles. The van der Waals surface area contributed by atoms with Gasteiger partial charge in [-0.15, -0.1) is 0 Å². The van der Waals surface area contributed by atoms with Crippen LogP contribution in [0.2, 0.25) is 0 Å². The predicted molar refractivity (Wildman–Crippen MR) is 81.6 cm³/mol. The van der Waals surface area contributed by atoms with Gasteiger partial charge in [-0.3, -0.25) is 4.79 Å². The van der Waals surface area contributed by atoms with Crippen molar-refractivity contribution in [3.05, 3.63) is 69.1 Å². The summed E-state index contributed by atoms with van der Waals surface area (Å²) in [5, 5.41) is 0. The minimum Gasteiger partial charge on any atom is -0.389 e. The zero-order chi connectivity index (χ0) is 14.0. The molecule has 0 aliphatic heterocycles. The van der Waals surface area contributed by atoms with Crippen LogP contribution in [-0.4, -0.2) is 9.56 Å². The number of aromatic nitrogens is 1. The Hall–Kier alpha value is -1.94. The molecule has 0 aliphatic carbocycles. The Bertz CT molecular complexity index is 669. The molecule has 98 valence electrons. The SMILES string of the molecule is Cc1cc(C)cc(Cn2cccc(C(N)=S)c2=O)c1. The normalized spacial score (nSPS) is 10.4. The zero-order valence-corrected chi connectivity index (χ0v) is 11.8. The summed E-state index contributed by atoms with van der Waals surface area (Å²) in [5.41, 5.74) is 9.26. The molecular weight excluding hydrogens is 256 g/mol. The Kier molecular flexibility index (Phi) is 3.81. The summed E-state index contributed by atoms with van der Waals surface area (Å²) >= 11 is 4.88. The summed E-state index contributed by atoms with van der Waals surface area (Å²) in [6, 6.07) is 9.71. The monoisotopic (exact) mass is 272 g/mol. The highest BCUT2D eigenvalue weighted by Gasteiger charge is 2.06. The summed E-state index contributed by atoms with van der Waals surface area (Å²) < 4.78 is 1.63. The van der Waals surface area contributed by atoms with Crippen LogP contribution in [0.15, 0.2) is 41.3 Å². The van der Waals surface area contributed by atoms with Crippen LogP contribution in [-0.2, 0) is 6.54 Å². The zero-order valence-electron chi connectivity index (χ0n) is 11.0. The van der Waals surface area contributed by atoms with E-state index in [1.165, 1.54) is 11.1 Å². The van der Waals surface area contributed by atoms with Gasteiger partial charge in [-0.05, 0) is 31.5 Å². The molecule has 1 aromatic carbocycles. The maximum atomic E-state index is 12.2. The molecule has 0 fully saturated rings. The van der Waals surface area contributed by atoms with E-state index in [0.717, 1.165) is 5.56 Å². The standard InChI is InChI=1S/C15H16N2OS/c1-10-6-11(2)8-12(7-10)9-17-5-3-4-13(14(16)19)15(17)18/h3-8H,9H2,1-2H3,(H2,16,19). The Morgan fingerprint density at radius 2 is 1.89 bits per heavy atom. The summed E-state index contributed by atoms with van der Waals surface area (Å²) in [6.07, 6.45) is 1.75. The number of hydrogen-bond donors (Lipinski definition) is 1. The molecule has 0 atom stereocenters. The van der Waals surface area contributed by atoms with Gasteiger partial charge in [0.05, 0.1) is 12.1 Å². The third-order valence-electron chi connectivity index (χ3n) is 2.92. The van der Waals surface area contributed by atoms with Crippen molar-refractivity contribution in [2.45, 2.75) is 20.4 Å². The van der Waals surface area contributed by atoms with Crippen molar-refractivity contribution in [2.24, 2.45) is 5.73 Å². The molecule has 0 radical (unpaired) electrons. The van der Waals surface area contributed by atoms with E-state index in [1.54, 1.807) is 22.9 Å². The molecule has 19 heavy (non-hydrogen) atoms. The van der Waals surface area contributed by atoms with E-state index < -0.39 is 0 Å². The van der Waals surface area contributed by atoms with E-state index in [1.807, 2.05) is 13.8 Å². The molecule has 0 saturated heterocycles. The number of benzene rings is 1. The first kappa shape index (κ1) is 13.5. The van der Waals surface area contributed by atoms with Crippen LogP contribution in [0.1, 0.15) is 22.3 Å². The lowest BCUT2D eigenvalue weighted by molar-refractivity contribution is 0.756. The van der Waals surface area contributed by atoms with Crippen molar-refractivity contribution < 1.29 is 0 Å². The van der Waals surface area contributed by atoms with Gasteiger partial charge in [-0.1, -0.05) is 41.5 Å². The van der Waals surface area contributed by atoms with Gasteiger partial charge in [-0.25, -0.2) is 0 Å². The van der Waals surface area contributed by atoms with E-state index >= 15 is 0 Å². The molecule has 3 nitrogen and oxygen atoms in total. The molecule has 1 heterocycles. The highest BCUT2D eigenvalue weighted by Crippen LogP contribution is 2.09. The Balaban J connectivity index is 2.41. The molecule has 2 aromatic rings. The van der Waals surface area contributed by atoms with Crippen molar-refractivity contribution in [1.82, 2.24) is 4.57 Å². The first-order valence-electron chi connectivity index (χ1n) is 6.04. The number of rotatable bonds is 3.